The lowest BCUT2D eigenvalue weighted by Gasteiger charge is -1.95. The molecule has 1 aromatic heterocycles. The zero-order valence-corrected chi connectivity index (χ0v) is 8.07. The summed E-state index contributed by atoms with van der Waals surface area (Å²) in [5, 5.41) is 10.5. The molecular formula is C8H13N3O2. The highest BCUT2D eigenvalue weighted by Crippen LogP contribution is 2.17. The van der Waals surface area contributed by atoms with E-state index in [2.05, 4.69) is 4.98 Å². The average Bonchev–Trinajstić information content (AvgIpc) is 2.33. The summed E-state index contributed by atoms with van der Waals surface area (Å²) in [7, 11) is 1.81. The third-order valence-corrected chi connectivity index (χ3v) is 2.10. The lowest BCUT2D eigenvalue weighted by atomic mass is 10.3. The normalized spacial score (nSPS) is 10.4. The Bertz CT molecular complexity index is 330. The van der Waals surface area contributed by atoms with Crippen molar-refractivity contribution in [1.82, 2.24) is 9.55 Å². The van der Waals surface area contributed by atoms with E-state index < -0.39 is 4.92 Å². The van der Waals surface area contributed by atoms with E-state index in [1.807, 2.05) is 6.92 Å². The fourth-order valence-electron chi connectivity index (χ4n) is 1.24. The van der Waals surface area contributed by atoms with Gasteiger partial charge in [0.2, 0.25) is 5.82 Å². The summed E-state index contributed by atoms with van der Waals surface area (Å²) in [6.45, 7) is 3.74. The fourth-order valence-corrected chi connectivity index (χ4v) is 1.24. The smallest absolute Gasteiger partial charge is 0.358 e. The summed E-state index contributed by atoms with van der Waals surface area (Å²) in [5.41, 5.74) is 0.619. The third-order valence-electron chi connectivity index (χ3n) is 2.10. The van der Waals surface area contributed by atoms with Crippen LogP contribution in [0.15, 0.2) is 0 Å². The zero-order valence-electron chi connectivity index (χ0n) is 8.07. The first-order valence-electron chi connectivity index (χ1n) is 4.24. The van der Waals surface area contributed by atoms with Gasteiger partial charge in [-0.3, -0.25) is 0 Å². The maximum Gasteiger partial charge on any atom is 0.384 e. The van der Waals surface area contributed by atoms with Crippen LogP contribution in [-0.2, 0) is 13.5 Å². The van der Waals surface area contributed by atoms with Crippen LogP contribution in [0.5, 0.6) is 0 Å². The minimum atomic E-state index is -0.436. The first kappa shape index (κ1) is 9.70. The molecule has 0 saturated carbocycles. The van der Waals surface area contributed by atoms with E-state index in [0.29, 0.717) is 5.69 Å². The van der Waals surface area contributed by atoms with Crippen LogP contribution in [0, 0.1) is 17.0 Å². The topological polar surface area (TPSA) is 61.0 Å². The molecule has 0 N–H and O–H groups in total. The van der Waals surface area contributed by atoms with E-state index in [1.54, 1.807) is 18.5 Å². The second-order valence-corrected chi connectivity index (χ2v) is 3.00. The van der Waals surface area contributed by atoms with Gasteiger partial charge in [-0.05, 0) is 23.3 Å². The van der Waals surface area contributed by atoms with Crippen LogP contribution in [0.1, 0.15) is 24.9 Å². The first-order valence-corrected chi connectivity index (χ1v) is 4.24. The van der Waals surface area contributed by atoms with Gasteiger partial charge in [-0.2, -0.15) is 0 Å². The second-order valence-electron chi connectivity index (χ2n) is 3.00. The van der Waals surface area contributed by atoms with Crippen molar-refractivity contribution in [3.8, 4) is 0 Å². The molecule has 1 heterocycles. The van der Waals surface area contributed by atoms with Gasteiger partial charge in [0.1, 0.15) is 5.69 Å². The van der Waals surface area contributed by atoms with Crippen molar-refractivity contribution in [3.05, 3.63) is 21.6 Å². The molecule has 0 aliphatic rings. The number of nitro groups is 1. The molecule has 72 valence electrons. The van der Waals surface area contributed by atoms with Crippen molar-refractivity contribution in [1.29, 1.82) is 0 Å². The van der Waals surface area contributed by atoms with Gasteiger partial charge in [0.05, 0.1) is 0 Å². The van der Waals surface area contributed by atoms with E-state index in [1.165, 1.54) is 0 Å². The molecule has 13 heavy (non-hydrogen) atoms. The van der Waals surface area contributed by atoms with Crippen LogP contribution in [0.3, 0.4) is 0 Å². The predicted molar refractivity (Wildman–Crippen MR) is 48.6 cm³/mol. The average molecular weight is 183 g/mol. The monoisotopic (exact) mass is 183 g/mol. The van der Waals surface area contributed by atoms with E-state index >= 15 is 0 Å². The SMILES string of the molecule is CCCc1nc([N+](=O)[O-])c(C)n1C. The maximum atomic E-state index is 10.5. The van der Waals surface area contributed by atoms with Gasteiger partial charge in [0, 0.05) is 13.5 Å². The van der Waals surface area contributed by atoms with E-state index in [0.717, 1.165) is 18.7 Å². The highest BCUT2D eigenvalue weighted by molar-refractivity contribution is 5.28. The number of hydrogen-bond acceptors (Lipinski definition) is 3. The largest absolute Gasteiger partial charge is 0.384 e. The quantitative estimate of drug-likeness (QED) is 0.528. The van der Waals surface area contributed by atoms with Gasteiger partial charge in [-0.25, -0.2) is 0 Å². The minimum absolute atomic E-state index is 0.0223. The van der Waals surface area contributed by atoms with Crippen LogP contribution in [0.4, 0.5) is 5.82 Å². The van der Waals surface area contributed by atoms with Gasteiger partial charge in [-0.1, -0.05) is 6.92 Å². The molecule has 5 heteroatoms. The van der Waals surface area contributed by atoms with Crippen molar-refractivity contribution in [2.45, 2.75) is 26.7 Å². The Labute approximate surface area is 76.5 Å². The predicted octanol–water partition coefficient (Wildman–Crippen LogP) is 1.59. The van der Waals surface area contributed by atoms with E-state index in [-0.39, 0.29) is 5.82 Å². The van der Waals surface area contributed by atoms with Crippen molar-refractivity contribution in [2.24, 2.45) is 7.05 Å². The molecule has 0 aliphatic carbocycles. The Kier molecular flexibility index (Phi) is 2.65. The molecule has 1 aromatic rings. The summed E-state index contributed by atoms with van der Waals surface area (Å²) >= 11 is 0. The van der Waals surface area contributed by atoms with Crippen molar-refractivity contribution < 1.29 is 4.92 Å². The number of nitrogens with zero attached hydrogens (tertiary/aromatic N) is 3. The molecule has 0 spiro atoms. The lowest BCUT2D eigenvalue weighted by molar-refractivity contribution is -0.390. The zero-order chi connectivity index (χ0) is 10.0. The van der Waals surface area contributed by atoms with E-state index in [4.69, 9.17) is 0 Å². The molecule has 0 amide bonds. The molecule has 0 radical (unpaired) electrons. The second kappa shape index (κ2) is 3.55. The van der Waals surface area contributed by atoms with Gasteiger partial charge < -0.3 is 14.7 Å². The summed E-state index contributed by atoms with van der Waals surface area (Å²) in [5.74, 6) is 0.762. The van der Waals surface area contributed by atoms with Crippen molar-refractivity contribution in [2.75, 3.05) is 0 Å². The van der Waals surface area contributed by atoms with Gasteiger partial charge in [0.15, 0.2) is 0 Å². The molecule has 0 unspecified atom stereocenters. The summed E-state index contributed by atoms with van der Waals surface area (Å²) < 4.78 is 1.78. The third kappa shape index (κ3) is 1.68. The standard InChI is InChI=1S/C8H13N3O2/c1-4-5-7-9-8(11(12)13)6(2)10(7)3/h4-5H2,1-3H3. The Morgan fingerprint density at radius 2 is 2.23 bits per heavy atom. The Balaban J connectivity index is 3.12. The summed E-state index contributed by atoms with van der Waals surface area (Å²) in [4.78, 5) is 14.0. The molecular weight excluding hydrogens is 170 g/mol. The summed E-state index contributed by atoms with van der Waals surface area (Å²) in [6.07, 6.45) is 1.73. The molecule has 0 atom stereocenters. The van der Waals surface area contributed by atoms with Crippen LogP contribution >= 0.6 is 0 Å². The van der Waals surface area contributed by atoms with Crippen molar-refractivity contribution >= 4 is 5.82 Å². The van der Waals surface area contributed by atoms with Crippen LogP contribution in [0.25, 0.3) is 0 Å². The number of rotatable bonds is 3. The van der Waals surface area contributed by atoms with Crippen LogP contribution < -0.4 is 0 Å². The summed E-state index contributed by atoms with van der Waals surface area (Å²) in [6, 6.07) is 0. The van der Waals surface area contributed by atoms with Gasteiger partial charge >= 0.3 is 5.82 Å². The number of imidazole rings is 1. The number of hydrogen-bond donors (Lipinski definition) is 0. The Morgan fingerprint density at radius 3 is 2.62 bits per heavy atom. The fraction of sp³-hybridized carbons (Fsp3) is 0.625. The molecule has 0 aromatic carbocycles. The van der Waals surface area contributed by atoms with Crippen LogP contribution in [0.2, 0.25) is 0 Å². The Hall–Kier alpha value is -1.39. The molecule has 0 aliphatic heterocycles. The van der Waals surface area contributed by atoms with Gasteiger partial charge in [-0.15, -0.1) is 0 Å². The number of aryl methyl sites for hydroxylation is 1. The first-order chi connectivity index (χ1) is 6.07. The molecule has 1 rings (SSSR count). The van der Waals surface area contributed by atoms with Crippen LogP contribution in [-0.4, -0.2) is 14.5 Å². The molecule has 0 saturated heterocycles. The number of aromatic nitrogens is 2. The van der Waals surface area contributed by atoms with E-state index in [9.17, 15) is 10.1 Å². The lowest BCUT2D eigenvalue weighted by Crippen LogP contribution is -1.98. The Morgan fingerprint density at radius 1 is 1.62 bits per heavy atom. The minimum Gasteiger partial charge on any atom is -0.358 e. The maximum absolute atomic E-state index is 10.5. The van der Waals surface area contributed by atoms with Gasteiger partial charge in [0.25, 0.3) is 0 Å². The molecule has 0 fully saturated rings. The highest BCUT2D eigenvalue weighted by atomic mass is 16.6. The molecule has 5 nitrogen and oxygen atoms in total. The van der Waals surface area contributed by atoms with Crippen molar-refractivity contribution in [3.63, 3.8) is 0 Å². The molecule has 0 bridgehead atoms. The highest BCUT2D eigenvalue weighted by Gasteiger charge is 2.21.